The highest BCUT2D eigenvalue weighted by atomic mass is 19.3. The highest BCUT2D eigenvalue weighted by Gasteiger charge is 2.31. The van der Waals surface area contributed by atoms with Crippen LogP contribution < -0.4 is 0 Å². The Balaban J connectivity index is 1.34. The molecule has 1 aromatic carbocycles. The molecule has 28 heavy (non-hydrogen) atoms. The van der Waals surface area contributed by atoms with E-state index in [1.54, 1.807) is 0 Å². The van der Waals surface area contributed by atoms with E-state index in [4.69, 9.17) is 0 Å². The second-order valence-electron chi connectivity index (χ2n) is 7.81. The summed E-state index contributed by atoms with van der Waals surface area (Å²) >= 11 is 0. The highest BCUT2D eigenvalue weighted by Crippen LogP contribution is 2.41. The zero-order valence-electron chi connectivity index (χ0n) is 16.2. The van der Waals surface area contributed by atoms with Crippen molar-refractivity contribution in [1.82, 2.24) is 19.6 Å². The van der Waals surface area contributed by atoms with E-state index in [9.17, 15) is 13.6 Å². The van der Waals surface area contributed by atoms with Crippen molar-refractivity contribution in [1.29, 1.82) is 0 Å². The van der Waals surface area contributed by atoms with Crippen LogP contribution in [0.3, 0.4) is 0 Å². The predicted molar refractivity (Wildman–Crippen MR) is 102 cm³/mol. The molecule has 0 N–H and O–H groups in total. The lowest BCUT2D eigenvalue weighted by atomic mass is 10.1. The maximum absolute atomic E-state index is 13.0. The fourth-order valence-electron chi connectivity index (χ4n) is 3.80. The summed E-state index contributed by atoms with van der Waals surface area (Å²) in [5, 5.41) is 4.00. The van der Waals surface area contributed by atoms with Crippen LogP contribution in [-0.4, -0.2) is 51.7 Å². The third-order valence-corrected chi connectivity index (χ3v) is 5.71. The van der Waals surface area contributed by atoms with Crippen LogP contribution >= 0.6 is 0 Å². The zero-order chi connectivity index (χ0) is 19.7. The number of aromatic nitrogens is 2. The molecule has 0 radical (unpaired) electrons. The lowest BCUT2D eigenvalue weighted by Crippen LogP contribution is -2.49. The Morgan fingerprint density at radius 1 is 1.18 bits per heavy atom. The van der Waals surface area contributed by atoms with E-state index in [2.05, 4.69) is 35.1 Å². The van der Waals surface area contributed by atoms with Crippen LogP contribution in [0.5, 0.6) is 0 Å². The topological polar surface area (TPSA) is 41.4 Å². The van der Waals surface area contributed by atoms with Crippen molar-refractivity contribution in [2.24, 2.45) is 0 Å². The van der Waals surface area contributed by atoms with Crippen LogP contribution in [0.15, 0.2) is 30.3 Å². The molecular formula is C21H26F2N4O. The monoisotopic (exact) mass is 388 g/mol. The Morgan fingerprint density at radius 3 is 2.54 bits per heavy atom. The van der Waals surface area contributed by atoms with Gasteiger partial charge in [0.1, 0.15) is 12.2 Å². The van der Waals surface area contributed by atoms with Gasteiger partial charge in [-0.25, -0.2) is 8.78 Å². The summed E-state index contributed by atoms with van der Waals surface area (Å²) in [6.45, 7) is 6.00. The van der Waals surface area contributed by atoms with Crippen LogP contribution in [-0.2, 0) is 17.9 Å². The quantitative estimate of drug-likeness (QED) is 0.762. The van der Waals surface area contributed by atoms with E-state index >= 15 is 0 Å². The summed E-state index contributed by atoms with van der Waals surface area (Å²) < 4.78 is 27.5. The van der Waals surface area contributed by atoms with Crippen molar-refractivity contribution in [3.8, 4) is 0 Å². The first-order valence-corrected chi connectivity index (χ1v) is 9.91. The molecule has 1 aliphatic heterocycles. The van der Waals surface area contributed by atoms with Gasteiger partial charge in [-0.05, 0) is 37.0 Å². The van der Waals surface area contributed by atoms with Gasteiger partial charge >= 0.3 is 0 Å². The maximum Gasteiger partial charge on any atom is 0.282 e. The van der Waals surface area contributed by atoms with Gasteiger partial charge in [0.2, 0.25) is 5.91 Å². The second-order valence-corrected chi connectivity index (χ2v) is 7.81. The Labute approximate surface area is 163 Å². The van der Waals surface area contributed by atoms with E-state index in [1.165, 1.54) is 21.9 Å². The Kier molecular flexibility index (Phi) is 5.44. The summed E-state index contributed by atoms with van der Waals surface area (Å²) in [5.41, 5.74) is 3.15. The molecule has 5 nitrogen and oxygen atoms in total. The van der Waals surface area contributed by atoms with Crippen LogP contribution in [0.4, 0.5) is 8.78 Å². The summed E-state index contributed by atoms with van der Waals surface area (Å²) in [6.07, 6.45) is -0.626. The molecule has 0 spiro atoms. The van der Waals surface area contributed by atoms with Crippen LogP contribution in [0.1, 0.15) is 47.7 Å². The SMILES string of the molecule is Cc1ccccc1CN1CCN(C(=O)Cn2nc(C(F)F)cc2C2CC2)CC1. The number of piperazine rings is 1. The van der Waals surface area contributed by atoms with E-state index in [0.29, 0.717) is 13.1 Å². The highest BCUT2D eigenvalue weighted by molar-refractivity contribution is 5.76. The number of hydrogen-bond donors (Lipinski definition) is 0. The standard InChI is InChI=1S/C21H26F2N4O/c1-15-4-2-3-5-17(15)13-25-8-10-26(11-9-25)20(28)14-27-19(16-6-7-16)12-18(24-27)21(22)23/h2-5,12,16,21H,6-11,13-14H2,1H3. The van der Waals surface area contributed by atoms with Gasteiger partial charge in [0.15, 0.2) is 0 Å². The number of alkyl halides is 2. The molecule has 1 aromatic heterocycles. The number of carbonyl (C=O) groups excluding carboxylic acids is 1. The number of nitrogens with zero attached hydrogens (tertiary/aromatic N) is 4. The number of amides is 1. The van der Waals surface area contributed by atoms with Gasteiger partial charge in [-0.3, -0.25) is 14.4 Å². The van der Waals surface area contributed by atoms with Gasteiger partial charge in [0.25, 0.3) is 6.43 Å². The lowest BCUT2D eigenvalue weighted by Gasteiger charge is -2.35. The molecule has 150 valence electrons. The summed E-state index contributed by atoms with van der Waals surface area (Å²) in [6, 6.07) is 9.82. The normalized spacial score (nSPS) is 18.1. The molecule has 2 heterocycles. The maximum atomic E-state index is 13.0. The molecule has 1 aliphatic carbocycles. The second kappa shape index (κ2) is 7.99. The number of halogens is 2. The minimum atomic E-state index is -2.60. The molecule has 4 rings (SSSR count). The largest absolute Gasteiger partial charge is 0.339 e. The molecule has 1 amide bonds. The van der Waals surface area contributed by atoms with E-state index in [1.807, 2.05) is 11.0 Å². The van der Waals surface area contributed by atoms with Crippen molar-refractivity contribution in [2.45, 2.75) is 45.2 Å². The number of hydrogen-bond acceptors (Lipinski definition) is 3. The van der Waals surface area contributed by atoms with E-state index in [-0.39, 0.29) is 24.1 Å². The molecule has 0 atom stereocenters. The molecule has 2 aromatic rings. The number of carbonyl (C=O) groups is 1. The predicted octanol–water partition coefficient (Wildman–Crippen LogP) is 3.35. The smallest absolute Gasteiger partial charge is 0.282 e. The first-order valence-electron chi connectivity index (χ1n) is 9.91. The molecule has 2 aliphatic rings. The van der Waals surface area contributed by atoms with Gasteiger partial charge in [0, 0.05) is 44.3 Å². The number of benzene rings is 1. The molecule has 1 saturated carbocycles. The lowest BCUT2D eigenvalue weighted by molar-refractivity contribution is -0.133. The fourth-order valence-corrected chi connectivity index (χ4v) is 3.80. The third-order valence-electron chi connectivity index (χ3n) is 5.71. The number of rotatable bonds is 6. The molecule has 2 fully saturated rings. The Bertz CT molecular complexity index is 839. The van der Waals surface area contributed by atoms with Gasteiger partial charge in [-0.1, -0.05) is 24.3 Å². The fraction of sp³-hybridized carbons (Fsp3) is 0.524. The zero-order valence-corrected chi connectivity index (χ0v) is 16.2. The van der Waals surface area contributed by atoms with Crippen molar-refractivity contribution >= 4 is 5.91 Å². The number of aryl methyl sites for hydroxylation is 1. The van der Waals surface area contributed by atoms with Gasteiger partial charge < -0.3 is 4.90 Å². The third kappa shape index (κ3) is 4.24. The van der Waals surface area contributed by atoms with Gasteiger partial charge in [-0.2, -0.15) is 5.10 Å². The van der Waals surface area contributed by atoms with Crippen molar-refractivity contribution < 1.29 is 13.6 Å². The minimum Gasteiger partial charge on any atom is -0.339 e. The summed E-state index contributed by atoms with van der Waals surface area (Å²) in [4.78, 5) is 16.9. The molecule has 7 heteroatoms. The average Bonchev–Trinajstić information content (AvgIpc) is 3.44. The van der Waals surface area contributed by atoms with Crippen LogP contribution in [0.2, 0.25) is 0 Å². The summed E-state index contributed by atoms with van der Waals surface area (Å²) in [7, 11) is 0. The molecular weight excluding hydrogens is 362 g/mol. The van der Waals surface area contributed by atoms with Crippen LogP contribution in [0, 0.1) is 6.92 Å². The minimum absolute atomic E-state index is 0.0404. The van der Waals surface area contributed by atoms with Crippen LogP contribution in [0.25, 0.3) is 0 Å². The van der Waals surface area contributed by atoms with Gasteiger partial charge in [-0.15, -0.1) is 0 Å². The van der Waals surface area contributed by atoms with Crippen molar-refractivity contribution in [2.75, 3.05) is 26.2 Å². The molecule has 0 bridgehead atoms. The van der Waals surface area contributed by atoms with Crippen molar-refractivity contribution in [3.63, 3.8) is 0 Å². The first-order chi connectivity index (χ1) is 13.5. The Morgan fingerprint density at radius 2 is 1.89 bits per heavy atom. The Hall–Kier alpha value is -2.28. The average molecular weight is 388 g/mol. The summed E-state index contributed by atoms with van der Waals surface area (Å²) in [5.74, 6) is 0.236. The van der Waals surface area contributed by atoms with Crippen molar-refractivity contribution in [3.05, 3.63) is 52.8 Å². The van der Waals surface area contributed by atoms with E-state index in [0.717, 1.165) is 38.2 Å². The van der Waals surface area contributed by atoms with Gasteiger partial charge in [0.05, 0.1) is 0 Å². The first kappa shape index (κ1) is 19.1. The molecule has 0 unspecified atom stereocenters. The molecule has 1 saturated heterocycles. The van der Waals surface area contributed by atoms with E-state index < -0.39 is 6.43 Å².